The molecule has 1 aliphatic carbocycles. The maximum absolute atomic E-state index is 5.80. The highest BCUT2D eigenvalue weighted by molar-refractivity contribution is 5.19. The minimum absolute atomic E-state index is 0.0690. The molecule has 1 aromatic heterocycles. The van der Waals surface area contributed by atoms with E-state index in [2.05, 4.69) is 21.9 Å². The summed E-state index contributed by atoms with van der Waals surface area (Å²) in [6, 6.07) is 0. The van der Waals surface area contributed by atoms with Gasteiger partial charge in [0.2, 0.25) is 5.95 Å². The Morgan fingerprint density at radius 1 is 1.22 bits per heavy atom. The van der Waals surface area contributed by atoms with Crippen LogP contribution in [0.25, 0.3) is 0 Å². The highest BCUT2D eigenvalue weighted by atomic mass is 16.5. The van der Waals surface area contributed by atoms with Crippen molar-refractivity contribution in [2.24, 2.45) is 0 Å². The zero-order chi connectivity index (χ0) is 13.0. The van der Waals surface area contributed by atoms with Gasteiger partial charge in [0.25, 0.3) is 0 Å². The van der Waals surface area contributed by atoms with E-state index in [4.69, 9.17) is 10.5 Å². The minimum Gasteiger partial charge on any atom is -0.371 e. The van der Waals surface area contributed by atoms with Crippen molar-refractivity contribution in [3.8, 4) is 0 Å². The third-order valence-corrected chi connectivity index (χ3v) is 3.43. The average molecular weight is 250 g/mol. The van der Waals surface area contributed by atoms with E-state index in [1.807, 2.05) is 6.92 Å². The number of hydrogen-bond acceptors (Lipinski definition) is 5. The molecule has 100 valence electrons. The molecule has 2 N–H and O–H groups in total. The summed E-state index contributed by atoms with van der Waals surface area (Å²) >= 11 is 0. The highest BCUT2D eigenvalue weighted by Crippen LogP contribution is 2.32. The topological polar surface area (TPSA) is 73.9 Å². The summed E-state index contributed by atoms with van der Waals surface area (Å²) in [5.74, 6) is 2.31. The normalized spacial score (nSPS) is 18.1. The number of anilines is 1. The Hall–Kier alpha value is -1.23. The lowest BCUT2D eigenvalue weighted by molar-refractivity contribution is 0.0532. The summed E-state index contributed by atoms with van der Waals surface area (Å²) in [4.78, 5) is 13.1. The molecule has 5 heteroatoms. The fourth-order valence-electron chi connectivity index (χ4n) is 2.51. The van der Waals surface area contributed by atoms with Gasteiger partial charge in [0.05, 0.1) is 0 Å². The van der Waals surface area contributed by atoms with Gasteiger partial charge in [-0.2, -0.15) is 9.97 Å². The lowest BCUT2D eigenvalue weighted by atomic mass is 10.1. The van der Waals surface area contributed by atoms with Gasteiger partial charge < -0.3 is 10.5 Å². The van der Waals surface area contributed by atoms with Gasteiger partial charge in [-0.15, -0.1) is 0 Å². The van der Waals surface area contributed by atoms with Crippen LogP contribution in [0.1, 0.15) is 69.6 Å². The second-order valence-electron chi connectivity index (χ2n) is 4.74. The molecule has 1 heterocycles. The summed E-state index contributed by atoms with van der Waals surface area (Å²) < 4.78 is 5.64. The largest absolute Gasteiger partial charge is 0.371 e. The van der Waals surface area contributed by atoms with Crippen LogP contribution in [-0.4, -0.2) is 21.6 Å². The standard InChI is InChI=1S/C13H22N4O/c1-3-10(18-4-2)12-15-11(16-13(14)17-12)9-7-5-6-8-9/h9-10H,3-8H2,1-2H3,(H2,14,15,16,17). The molecule has 0 saturated heterocycles. The molecular formula is C13H22N4O. The van der Waals surface area contributed by atoms with E-state index in [-0.39, 0.29) is 6.10 Å². The van der Waals surface area contributed by atoms with Crippen LogP contribution in [0.15, 0.2) is 0 Å². The quantitative estimate of drug-likeness (QED) is 0.869. The Labute approximate surface area is 108 Å². The average Bonchev–Trinajstić information content (AvgIpc) is 2.89. The fraction of sp³-hybridized carbons (Fsp3) is 0.769. The monoisotopic (exact) mass is 250 g/mol. The van der Waals surface area contributed by atoms with Gasteiger partial charge in [-0.1, -0.05) is 19.8 Å². The third-order valence-electron chi connectivity index (χ3n) is 3.43. The van der Waals surface area contributed by atoms with Gasteiger partial charge in [-0.3, -0.25) is 0 Å². The SMILES string of the molecule is CCOC(CC)c1nc(N)nc(C2CCCC2)n1. The fourth-order valence-corrected chi connectivity index (χ4v) is 2.51. The van der Waals surface area contributed by atoms with Crippen LogP contribution < -0.4 is 5.73 Å². The molecule has 2 rings (SSSR count). The van der Waals surface area contributed by atoms with Crippen molar-refractivity contribution in [1.82, 2.24) is 15.0 Å². The van der Waals surface area contributed by atoms with Gasteiger partial charge in [0, 0.05) is 12.5 Å². The Kier molecular flexibility index (Phi) is 4.47. The van der Waals surface area contributed by atoms with Crippen molar-refractivity contribution in [3.63, 3.8) is 0 Å². The highest BCUT2D eigenvalue weighted by Gasteiger charge is 2.23. The number of nitrogen functional groups attached to an aromatic ring is 1. The first-order chi connectivity index (χ1) is 8.74. The molecule has 0 aromatic carbocycles. The molecule has 1 aliphatic rings. The zero-order valence-electron chi connectivity index (χ0n) is 11.2. The van der Waals surface area contributed by atoms with Crippen LogP contribution in [0.3, 0.4) is 0 Å². The van der Waals surface area contributed by atoms with Crippen molar-refractivity contribution >= 4 is 5.95 Å². The van der Waals surface area contributed by atoms with E-state index >= 15 is 0 Å². The third kappa shape index (κ3) is 2.96. The molecule has 1 saturated carbocycles. The molecular weight excluding hydrogens is 228 g/mol. The Morgan fingerprint density at radius 2 is 1.94 bits per heavy atom. The lowest BCUT2D eigenvalue weighted by Crippen LogP contribution is -2.14. The number of nitrogens with zero attached hydrogens (tertiary/aromatic N) is 3. The Bertz CT molecular complexity index is 391. The molecule has 0 bridgehead atoms. The number of rotatable bonds is 5. The Morgan fingerprint density at radius 3 is 2.56 bits per heavy atom. The first-order valence-electron chi connectivity index (χ1n) is 6.87. The maximum atomic E-state index is 5.80. The molecule has 0 radical (unpaired) electrons. The summed E-state index contributed by atoms with van der Waals surface area (Å²) in [5.41, 5.74) is 5.80. The summed E-state index contributed by atoms with van der Waals surface area (Å²) in [5, 5.41) is 0. The second kappa shape index (κ2) is 6.09. The number of ether oxygens (including phenoxy) is 1. The number of hydrogen-bond donors (Lipinski definition) is 1. The van der Waals surface area contributed by atoms with Gasteiger partial charge in [-0.05, 0) is 26.2 Å². The first kappa shape index (κ1) is 13.2. The van der Waals surface area contributed by atoms with Gasteiger partial charge in [0.1, 0.15) is 11.9 Å². The van der Waals surface area contributed by atoms with E-state index in [9.17, 15) is 0 Å². The zero-order valence-corrected chi connectivity index (χ0v) is 11.2. The molecule has 0 amide bonds. The summed E-state index contributed by atoms with van der Waals surface area (Å²) in [7, 11) is 0. The van der Waals surface area contributed by atoms with E-state index < -0.39 is 0 Å². The lowest BCUT2D eigenvalue weighted by Gasteiger charge is -2.16. The predicted molar refractivity (Wildman–Crippen MR) is 70.1 cm³/mol. The van der Waals surface area contributed by atoms with E-state index in [0.29, 0.717) is 24.3 Å². The van der Waals surface area contributed by atoms with Crippen molar-refractivity contribution < 1.29 is 4.74 Å². The van der Waals surface area contributed by atoms with Crippen molar-refractivity contribution in [3.05, 3.63) is 11.6 Å². The van der Waals surface area contributed by atoms with Crippen molar-refractivity contribution in [2.75, 3.05) is 12.3 Å². The first-order valence-corrected chi connectivity index (χ1v) is 6.87. The molecule has 1 aromatic rings. The Balaban J connectivity index is 2.24. The number of aromatic nitrogens is 3. The van der Waals surface area contributed by atoms with Crippen molar-refractivity contribution in [2.45, 2.75) is 58.0 Å². The van der Waals surface area contributed by atoms with Crippen LogP contribution in [-0.2, 0) is 4.74 Å². The van der Waals surface area contributed by atoms with Gasteiger partial charge >= 0.3 is 0 Å². The molecule has 1 atom stereocenters. The van der Waals surface area contributed by atoms with Gasteiger partial charge in [-0.25, -0.2) is 4.98 Å². The molecule has 0 spiro atoms. The smallest absolute Gasteiger partial charge is 0.223 e. The molecule has 0 aliphatic heterocycles. The second-order valence-corrected chi connectivity index (χ2v) is 4.74. The predicted octanol–water partition coefficient (Wildman–Crippen LogP) is 2.60. The molecule has 1 fully saturated rings. The molecule has 1 unspecified atom stereocenters. The molecule has 18 heavy (non-hydrogen) atoms. The van der Waals surface area contributed by atoms with Crippen molar-refractivity contribution in [1.29, 1.82) is 0 Å². The van der Waals surface area contributed by atoms with Crippen LogP contribution in [0.2, 0.25) is 0 Å². The summed E-state index contributed by atoms with van der Waals surface area (Å²) in [6.07, 6.45) is 5.62. The van der Waals surface area contributed by atoms with Crippen LogP contribution >= 0.6 is 0 Å². The van der Waals surface area contributed by atoms with Crippen LogP contribution in [0.5, 0.6) is 0 Å². The van der Waals surface area contributed by atoms with E-state index in [1.165, 1.54) is 12.8 Å². The number of nitrogens with two attached hydrogens (primary N) is 1. The summed E-state index contributed by atoms with van der Waals surface area (Å²) in [6.45, 7) is 4.70. The van der Waals surface area contributed by atoms with Gasteiger partial charge in [0.15, 0.2) is 5.82 Å². The van der Waals surface area contributed by atoms with E-state index in [0.717, 1.165) is 25.1 Å². The van der Waals surface area contributed by atoms with Crippen LogP contribution in [0.4, 0.5) is 5.95 Å². The maximum Gasteiger partial charge on any atom is 0.223 e. The van der Waals surface area contributed by atoms with E-state index in [1.54, 1.807) is 0 Å². The minimum atomic E-state index is -0.0690. The van der Waals surface area contributed by atoms with Crippen LogP contribution in [0, 0.1) is 0 Å². The molecule has 5 nitrogen and oxygen atoms in total.